The zero-order valence-electron chi connectivity index (χ0n) is 10.4. The smallest absolute Gasteiger partial charge is 0.131 e. The van der Waals surface area contributed by atoms with Gasteiger partial charge in [0.05, 0.1) is 18.9 Å². The number of hydrogen-bond acceptors (Lipinski definition) is 3. The highest BCUT2D eigenvalue weighted by atomic mass is 19.1. The number of rotatable bonds is 4. The molecule has 0 saturated carbocycles. The Balaban J connectivity index is 2.29. The Morgan fingerprint density at radius 3 is 2.72 bits per heavy atom. The Morgan fingerprint density at radius 2 is 2.11 bits per heavy atom. The monoisotopic (exact) mass is 249 g/mol. The summed E-state index contributed by atoms with van der Waals surface area (Å²) in [5.74, 6) is 0.395. The van der Waals surface area contributed by atoms with E-state index in [1.165, 1.54) is 6.07 Å². The van der Waals surface area contributed by atoms with Crippen LogP contribution in [0.5, 0.6) is 0 Å². The predicted octanol–water partition coefficient (Wildman–Crippen LogP) is 3.11. The van der Waals surface area contributed by atoms with Crippen molar-refractivity contribution >= 4 is 5.69 Å². The first-order valence-electron chi connectivity index (χ1n) is 5.79. The third kappa shape index (κ3) is 2.54. The van der Waals surface area contributed by atoms with Crippen molar-refractivity contribution in [2.45, 2.75) is 19.6 Å². The number of hydrogen-bond donors (Lipinski definition) is 1. The van der Waals surface area contributed by atoms with E-state index in [1.54, 1.807) is 25.3 Å². The summed E-state index contributed by atoms with van der Waals surface area (Å²) in [6.07, 6.45) is 0.755. The van der Waals surface area contributed by atoms with E-state index in [-0.39, 0.29) is 0 Å². The molecule has 18 heavy (non-hydrogen) atoms. The lowest BCUT2D eigenvalue weighted by atomic mass is 10.1. The lowest BCUT2D eigenvalue weighted by Gasteiger charge is -2.23. The molecule has 96 valence electrons. The molecule has 1 heterocycles. The summed E-state index contributed by atoms with van der Waals surface area (Å²) in [7, 11) is 1.84. The van der Waals surface area contributed by atoms with E-state index in [0.717, 1.165) is 5.76 Å². The summed E-state index contributed by atoms with van der Waals surface area (Å²) in [6, 6.07) is 8.44. The molecule has 0 aliphatic heterocycles. The van der Waals surface area contributed by atoms with E-state index in [1.807, 2.05) is 24.1 Å². The van der Waals surface area contributed by atoms with Gasteiger partial charge in [-0.1, -0.05) is 6.07 Å². The zero-order chi connectivity index (χ0) is 13.1. The van der Waals surface area contributed by atoms with E-state index in [4.69, 9.17) is 4.42 Å². The van der Waals surface area contributed by atoms with Gasteiger partial charge in [0.25, 0.3) is 0 Å². The van der Waals surface area contributed by atoms with Crippen LogP contribution >= 0.6 is 0 Å². The topological polar surface area (TPSA) is 36.6 Å². The maximum atomic E-state index is 13.7. The molecular formula is C14H16FNO2. The number of furan rings is 1. The van der Waals surface area contributed by atoms with Crippen molar-refractivity contribution in [3.8, 4) is 0 Å². The Bertz CT molecular complexity index is 509. The van der Waals surface area contributed by atoms with Crippen molar-refractivity contribution in [3.05, 3.63) is 53.7 Å². The molecule has 0 amide bonds. The fourth-order valence-electron chi connectivity index (χ4n) is 1.99. The third-order valence-corrected chi connectivity index (χ3v) is 2.83. The van der Waals surface area contributed by atoms with Crippen LogP contribution in [0.3, 0.4) is 0 Å². The van der Waals surface area contributed by atoms with Crippen molar-refractivity contribution in [3.63, 3.8) is 0 Å². The first-order valence-corrected chi connectivity index (χ1v) is 5.79. The van der Waals surface area contributed by atoms with Crippen molar-refractivity contribution in [1.82, 2.24) is 0 Å². The molecule has 3 nitrogen and oxygen atoms in total. The number of benzene rings is 1. The predicted molar refractivity (Wildman–Crippen MR) is 67.8 cm³/mol. The summed E-state index contributed by atoms with van der Waals surface area (Å²) in [5, 5.41) is 9.67. The minimum absolute atomic E-state index is 0.312. The quantitative estimate of drug-likeness (QED) is 0.904. The Kier molecular flexibility index (Phi) is 3.67. The Labute approximate surface area is 105 Å². The molecule has 0 bridgehead atoms. The lowest BCUT2D eigenvalue weighted by Crippen LogP contribution is -2.19. The second-order valence-corrected chi connectivity index (χ2v) is 4.28. The molecule has 0 saturated heterocycles. The van der Waals surface area contributed by atoms with Gasteiger partial charge in [0.2, 0.25) is 0 Å². The Hall–Kier alpha value is -1.81. The van der Waals surface area contributed by atoms with Gasteiger partial charge >= 0.3 is 0 Å². The SMILES string of the molecule is C[C@H](O)c1c(F)cccc1N(C)Cc1ccco1. The fourth-order valence-corrected chi connectivity index (χ4v) is 1.99. The second kappa shape index (κ2) is 5.23. The number of nitrogens with zero attached hydrogens (tertiary/aromatic N) is 1. The van der Waals surface area contributed by atoms with Crippen LogP contribution in [-0.2, 0) is 6.54 Å². The molecule has 0 unspecified atom stereocenters. The number of anilines is 1. The minimum atomic E-state index is -0.847. The van der Waals surface area contributed by atoms with Gasteiger partial charge in [0.1, 0.15) is 11.6 Å². The maximum Gasteiger partial charge on any atom is 0.131 e. The van der Waals surface area contributed by atoms with Gasteiger partial charge in [-0.2, -0.15) is 0 Å². The maximum absolute atomic E-state index is 13.7. The summed E-state index contributed by atoms with van der Waals surface area (Å²) in [5.41, 5.74) is 0.980. The van der Waals surface area contributed by atoms with E-state index in [0.29, 0.717) is 17.8 Å². The highest BCUT2D eigenvalue weighted by molar-refractivity contribution is 5.54. The average molecular weight is 249 g/mol. The van der Waals surface area contributed by atoms with E-state index < -0.39 is 11.9 Å². The van der Waals surface area contributed by atoms with Crippen LogP contribution in [-0.4, -0.2) is 12.2 Å². The van der Waals surface area contributed by atoms with Crippen LogP contribution in [0.1, 0.15) is 24.4 Å². The Morgan fingerprint density at radius 1 is 1.33 bits per heavy atom. The highest BCUT2D eigenvalue weighted by Crippen LogP contribution is 2.29. The van der Waals surface area contributed by atoms with Crippen molar-refractivity contribution < 1.29 is 13.9 Å². The van der Waals surface area contributed by atoms with Crippen LogP contribution in [0.4, 0.5) is 10.1 Å². The first kappa shape index (κ1) is 12.6. The molecule has 0 radical (unpaired) electrons. The first-order chi connectivity index (χ1) is 8.59. The van der Waals surface area contributed by atoms with Gasteiger partial charge in [-0.3, -0.25) is 0 Å². The standard InChI is InChI=1S/C14H16FNO2/c1-10(17)14-12(15)6-3-7-13(14)16(2)9-11-5-4-8-18-11/h3-8,10,17H,9H2,1-2H3/t10-/m0/s1. The molecule has 0 aliphatic carbocycles. The van der Waals surface area contributed by atoms with Crippen LogP contribution in [0.2, 0.25) is 0 Å². The van der Waals surface area contributed by atoms with Crippen LogP contribution in [0.15, 0.2) is 41.0 Å². The molecular weight excluding hydrogens is 233 g/mol. The van der Waals surface area contributed by atoms with Gasteiger partial charge in [-0.15, -0.1) is 0 Å². The summed E-state index contributed by atoms with van der Waals surface area (Å²) in [6.45, 7) is 2.08. The molecule has 2 rings (SSSR count). The molecule has 1 aromatic carbocycles. The normalized spacial score (nSPS) is 12.4. The molecule has 0 aliphatic rings. The average Bonchev–Trinajstić information content (AvgIpc) is 2.80. The van der Waals surface area contributed by atoms with E-state index in [9.17, 15) is 9.50 Å². The van der Waals surface area contributed by atoms with Gasteiger partial charge in [-0.25, -0.2) is 4.39 Å². The second-order valence-electron chi connectivity index (χ2n) is 4.28. The number of halogens is 1. The van der Waals surface area contributed by atoms with Crippen LogP contribution in [0, 0.1) is 5.82 Å². The van der Waals surface area contributed by atoms with Gasteiger partial charge in [0, 0.05) is 18.3 Å². The van der Waals surface area contributed by atoms with E-state index >= 15 is 0 Å². The van der Waals surface area contributed by atoms with Gasteiger partial charge in [-0.05, 0) is 31.2 Å². The number of aliphatic hydroxyl groups excluding tert-OH is 1. The van der Waals surface area contributed by atoms with Crippen molar-refractivity contribution in [2.24, 2.45) is 0 Å². The van der Waals surface area contributed by atoms with Crippen molar-refractivity contribution in [2.75, 3.05) is 11.9 Å². The van der Waals surface area contributed by atoms with Crippen LogP contribution < -0.4 is 4.90 Å². The van der Waals surface area contributed by atoms with Gasteiger partial charge < -0.3 is 14.4 Å². The molecule has 1 N–H and O–H groups in total. The lowest BCUT2D eigenvalue weighted by molar-refractivity contribution is 0.194. The fraction of sp³-hybridized carbons (Fsp3) is 0.286. The number of aliphatic hydroxyl groups is 1. The van der Waals surface area contributed by atoms with Gasteiger partial charge in [0.15, 0.2) is 0 Å². The largest absolute Gasteiger partial charge is 0.467 e. The molecule has 1 aromatic heterocycles. The summed E-state index contributed by atoms with van der Waals surface area (Å²) in [4.78, 5) is 1.85. The summed E-state index contributed by atoms with van der Waals surface area (Å²) < 4.78 is 19.0. The van der Waals surface area contributed by atoms with E-state index in [2.05, 4.69) is 0 Å². The zero-order valence-corrected chi connectivity index (χ0v) is 10.4. The molecule has 0 fully saturated rings. The molecule has 0 spiro atoms. The third-order valence-electron chi connectivity index (χ3n) is 2.83. The highest BCUT2D eigenvalue weighted by Gasteiger charge is 2.16. The summed E-state index contributed by atoms with van der Waals surface area (Å²) >= 11 is 0. The molecule has 4 heteroatoms. The van der Waals surface area contributed by atoms with Crippen molar-refractivity contribution in [1.29, 1.82) is 0 Å². The minimum Gasteiger partial charge on any atom is -0.467 e. The molecule has 1 atom stereocenters. The molecule has 2 aromatic rings. The van der Waals surface area contributed by atoms with Crippen LogP contribution in [0.25, 0.3) is 0 Å².